The quantitative estimate of drug-likeness (QED) is 0.492. The van der Waals surface area contributed by atoms with E-state index in [1.54, 1.807) is 0 Å². The third-order valence-electron chi connectivity index (χ3n) is 2.93. The van der Waals surface area contributed by atoms with Gasteiger partial charge in [-0.3, -0.25) is 0 Å². The molecule has 0 radical (unpaired) electrons. The highest BCUT2D eigenvalue weighted by Gasteiger charge is 2.13. The average Bonchev–Trinajstić information content (AvgIpc) is 2.43. The number of allylic oxidation sites excluding steroid dienone is 2. The Morgan fingerprint density at radius 3 is 2.68 bits per heavy atom. The molecule has 0 amide bonds. The molecule has 4 N–H and O–H groups in total. The molecule has 3 nitrogen and oxygen atoms in total. The van der Waals surface area contributed by atoms with Gasteiger partial charge < -0.3 is 5.73 Å². The fourth-order valence-electron chi connectivity index (χ4n) is 1.81. The molecule has 98 valence electrons. The predicted octanol–water partition coefficient (Wildman–Crippen LogP) is 1.94. The minimum absolute atomic E-state index is 0.0521. The first-order valence-corrected chi connectivity index (χ1v) is 6.48. The van der Waals surface area contributed by atoms with Gasteiger partial charge in [-0.15, -0.1) is 0 Å². The van der Waals surface area contributed by atoms with Gasteiger partial charge in [0.2, 0.25) is 0 Å². The number of rotatable bonds is 4. The molecule has 0 aromatic heterocycles. The summed E-state index contributed by atoms with van der Waals surface area (Å²) in [5, 5.41) is 5.18. The summed E-state index contributed by atoms with van der Waals surface area (Å²) in [5.74, 6) is 0. The van der Waals surface area contributed by atoms with Crippen molar-refractivity contribution in [3.05, 3.63) is 71.8 Å². The third-order valence-corrected chi connectivity index (χ3v) is 3.18. The van der Waals surface area contributed by atoms with Crippen LogP contribution < -0.4 is 11.2 Å². The van der Waals surface area contributed by atoms with Crippen LogP contribution in [0.15, 0.2) is 66.3 Å². The second kappa shape index (κ2) is 6.48. The molecule has 0 saturated carbocycles. The van der Waals surface area contributed by atoms with Gasteiger partial charge in [-0.1, -0.05) is 53.6 Å². The fraction of sp³-hybridized carbons (Fsp3) is 0.133. The topological polar surface area (TPSA) is 55.0 Å². The predicted molar refractivity (Wildman–Crippen MR) is 80.0 cm³/mol. The molecule has 1 aliphatic rings. The summed E-state index contributed by atoms with van der Waals surface area (Å²) in [6.45, 7) is 3.85. The first kappa shape index (κ1) is 13.7. The molecule has 0 aliphatic heterocycles. The van der Waals surface area contributed by atoms with E-state index in [1.807, 2.05) is 60.1 Å². The Kier molecular flexibility index (Phi) is 4.68. The van der Waals surface area contributed by atoms with E-state index in [1.165, 1.54) is 0 Å². The SMILES string of the molecule is C=CC([NH2+]N=C1C=CC=CC1N)c1ccc(Cl)cc1. The molecular formula is C15H17ClN3+. The van der Waals surface area contributed by atoms with E-state index in [4.69, 9.17) is 17.3 Å². The first-order valence-electron chi connectivity index (χ1n) is 6.10. The molecular weight excluding hydrogens is 258 g/mol. The molecule has 1 aliphatic carbocycles. The van der Waals surface area contributed by atoms with E-state index in [2.05, 4.69) is 11.7 Å². The maximum atomic E-state index is 5.93. The molecule has 0 saturated heterocycles. The maximum Gasteiger partial charge on any atom is 0.154 e. The summed E-state index contributed by atoms with van der Waals surface area (Å²) in [7, 11) is 0. The molecule has 2 rings (SSSR count). The van der Waals surface area contributed by atoms with Crippen LogP contribution in [0.3, 0.4) is 0 Å². The number of hydrogen-bond donors (Lipinski definition) is 2. The van der Waals surface area contributed by atoms with Gasteiger partial charge in [-0.05, 0) is 24.3 Å². The number of halogens is 1. The van der Waals surface area contributed by atoms with Gasteiger partial charge in [-0.25, -0.2) is 5.43 Å². The number of nitrogens with zero attached hydrogens (tertiary/aromatic N) is 1. The highest BCUT2D eigenvalue weighted by atomic mass is 35.5. The summed E-state index contributed by atoms with van der Waals surface area (Å²) in [6.07, 6.45) is 9.54. The van der Waals surface area contributed by atoms with E-state index in [9.17, 15) is 0 Å². The lowest BCUT2D eigenvalue weighted by Crippen LogP contribution is -2.79. The van der Waals surface area contributed by atoms with Crippen molar-refractivity contribution in [2.24, 2.45) is 10.8 Å². The number of hydrogen-bond acceptors (Lipinski definition) is 2. The molecule has 2 atom stereocenters. The molecule has 0 bridgehead atoms. The zero-order valence-corrected chi connectivity index (χ0v) is 11.3. The van der Waals surface area contributed by atoms with E-state index in [-0.39, 0.29) is 12.1 Å². The van der Waals surface area contributed by atoms with Crippen molar-refractivity contribution in [2.75, 3.05) is 0 Å². The Balaban J connectivity index is 2.10. The second-order valence-corrected chi connectivity index (χ2v) is 4.72. The van der Waals surface area contributed by atoms with Crippen LogP contribution in [0.2, 0.25) is 5.02 Å². The maximum absolute atomic E-state index is 5.93. The van der Waals surface area contributed by atoms with Crippen molar-refractivity contribution in [1.29, 1.82) is 0 Å². The van der Waals surface area contributed by atoms with Gasteiger partial charge in [-0.2, -0.15) is 0 Å². The summed E-state index contributed by atoms with van der Waals surface area (Å²) in [5.41, 5.74) is 9.74. The van der Waals surface area contributed by atoms with Gasteiger partial charge in [0.15, 0.2) is 6.04 Å². The lowest BCUT2D eigenvalue weighted by Gasteiger charge is -2.11. The monoisotopic (exact) mass is 274 g/mol. The average molecular weight is 275 g/mol. The molecule has 1 aromatic carbocycles. The van der Waals surface area contributed by atoms with Crippen LogP contribution in [0, 0.1) is 0 Å². The van der Waals surface area contributed by atoms with Crippen molar-refractivity contribution < 1.29 is 5.43 Å². The van der Waals surface area contributed by atoms with Gasteiger partial charge in [0, 0.05) is 10.6 Å². The Morgan fingerprint density at radius 1 is 1.32 bits per heavy atom. The normalized spacial score (nSPS) is 21.6. The third kappa shape index (κ3) is 3.64. The molecule has 0 spiro atoms. The Labute approximate surface area is 118 Å². The van der Waals surface area contributed by atoms with Crippen molar-refractivity contribution in [2.45, 2.75) is 12.1 Å². The molecule has 0 heterocycles. The van der Waals surface area contributed by atoms with Crippen molar-refractivity contribution in [3.8, 4) is 0 Å². The lowest BCUT2D eigenvalue weighted by molar-refractivity contribution is -0.692. The van der Waals surface area contributed by atoms with Crippen molar-refractivity contribution >= 4 is 17.3 Å². The van der Waals surface area contributed by atoms with Crippen LogP contribution in [0.1, 0.15) is 11.6 Å². The van der Waals surface area contributed by atoms with Crippen LogP contribution >= 0.6 is 11.6 Å². The van der Waals surface area contributed by atoms with Crippen LogP contribution in [0.5, 0.6) is 0 Å². The summed E-state index contributed by atoms with van der Waals surface area (Å²) < 4.78 is 0. The van der Waals surface area contributed by atoms with Gasteiger partial charge in [0.1, 0.15) is 5.71 Å². The number of benzene rings is 1. The Bertz CT molecular complexity index is 529. The summed E-state index contributed by atoms with van der Waals surface area (Å²) in [6, 6.07) is 7.59. The molecule has 1 aromatic rings. The molecule has 0 fully saturated rings. The Morgan fingerprint density at radius 2 is 2.05 bits per heavy atom. The van der Waals surface area contributed by atoms with E-state index < -0.39 is 0 Å². The second-order valence-electron chi connectivity index (χ2n) is 4.29. The van der Waals surface area contributed by atoms with Gasteiger partial charge in [0.05, 0.1) is 6.04 Å². The molecule has 4 heteroatoms. The highest BCUT2D eigenvalue weighted by Crippen LogP contribution is 2.14. The van der Waals surface area contributed by atoms with Crippen LogP contribution in [-0.2, 0) is 0 Å². The summed E-state index contributed by atoms with van der Waals surface area (Å²) >= 11 is 5.88. The van der Waals surface area contributed by atoms with Crippen molar-refractivity contribution in [1.82, 2.24) is 0 Å². The van der Waals surface area contributed by atoms with Gasteiger partial charge >= 0.3 is 0 Å². The van der Waals surface area contributed by atoms with E-state index >= 15 is 0 Å². The van der Waals surface area contributed by atoms with Crippen LogP contribution in [-0.4, -0.2) is 11.8 Å². The molecule has 2 unspecified atom stereocenters. The standard InChI is InChI=1S/C15H16ClN3/c1-2-14(11-7-9-12(16)10-8-11)18-19-15-6-4-3-5-13(15)17/h2-10,13-14,18H,1,17H2/p+1. The van der Waals surface area contributed by atoms with Gasteiger partial charge in [0.25, 0.3) is 0 Å². The van der Waals surface area contributed by atoms with E-state index in [0.717, 1.165) is 16.3 Å². The van der Waals surface area contributed by atoms with E-state index in [0.29, 0.717) is 0 Å². The lowest BCUT2D eigenvalue weighted by atomic mass is 10.1. The van der Waals surface area contributed by atoms with Crippen LogP contribution in [0.4, 0.5) is 0 Å². The smallest absolute Gasteiger partial charge is 0.154 e. The number of nitrogens with two attached hydrogens (primary N) is 2. The fourth-order valence-corrected chi connectivity index (χ4v) is 1.94. The first-order chi connectivity index (χ1) is 9.20. The van der Waals surface area contributed by atoms with Crippen molar-refractivity contribution in [3.63, 3.8) is 0 Å². The zero-order chi connectivity index (χ0) is 13.7. The van der Waals surface area contributed by atoms with Crippen LogP contribution in [0.25, 0.3) is 0 Å². The minimum atomic E-state index is -0.142. The largest absolute Gasteiger partial charge is 0.319 e. The number of quaternary nitrogens is 1. The molecule has 19 heavy (non-hydrogen) atoms. The Hall–Kier alpha value is -1.68. The minimum Gasteiger partial charge on any atom is -0.319 e. The zero-order valence-electron chi connectivity index (χ0n) is 10.5. The highest BCUT2D eigenvalue weighted by molar-refractivity contribution is 6.30. The summed E-state index contributed by atoms with van der Waals surface area (Å²) in [4.78, 5) is 0.